The largest absolute Gasteiger partial charge is 0.480 e. The SMILES string of the molecule is CC[C@H](C)[C@@H]1NC(=O)[C@H](CC(N)=O)NC(=O)[C@@H]2CCCN2C(=O)[C@H](CC(N)=O)NC(=O)[C@H](CC(C)C)NC(=O)[C@H](C(C)C)NC(=O)[C@H](CCCN=C(N)N)NC(=O)[C@@H]2CSSC[C@H](NC(=O)CNC(=O)[C@@H](N)CO)C(=O)N[C@@H](CSSC[C@@H](C(=O)O)NC1=O)C(=O)N[C@@H](CO)C(=O)N[C@@H](CC(N)=O)C(=O)N1CCC[C@H]1C(=O)N[C@@H](C)C(=O)N2. The van der Waals surface area contributed by atoms with Gasteiger partial charge in [0.05, 0.1) is 39.0 Å². The van der Waals surface area contributed by atoms with Crippen molar-refractivity contribution in [1.82, 2.24) is 84.2 Å². The summed E-state index contributed by atoms with van der Waals surface area (Å²) in [5.41, 5.74) is 33.6. The van der Waals surface area contributed by atoms with E-state index in [1.54, 1.807) is 20.8 Å². The van der Waals surface area contributed by atoms with E-state index in [0.29, 0.717) is 21.6 Å². The van der Waals surface area contributed by atoms with Crippen molar-refractivity contribution in [3.63, 3.8) is 0 Å². The van der Waals surface area contributed by atoms with Crippen molar-refractivity contribution in [3.05, 3.63) is 0 Å². The average Bonchev–Trinajstić information content (AvgIpc) is 1.64. The molecule has 0 aromatic heterocycles. The van der Waals surface area contributed by atoms with Gasteiger partial charge in [0.15, 0.2) is 5.96 Å². The highest BCUT2D eigenvalue weighted by Crippen LogP contribution is 2.27. The number of aliphatic hydroxyl groups excluding tert-OH is 2. The Kier molecular flexibility index (Phi) is 42.0. The number of primary amides is 3. The van der Waals surface area contributed by atoms with E-state index in [0.717, 1.165) is 31.4 Å². The Hall–Kier alpha value is -10.1. The Bertz CT molecular complexity index is 3700. The van der Waals surface area contributed by atoms with Crippen LogP contribution in [0.3, 0.4) is 0 Å². The van der Waals surface area contributed by atoms with E-state index in [1.807, 2.05) is 0 Å². The standard InChI is InChI=1S/C68H111N23O23S4/c1-8-31(6)51-64(110)87-43(67(113)114)28-118-117-27-42-60(106)84-39(24-93)57(103)83-38(21-48(72)96)66(112)90-16-10-13-44(90)61(107)77-32(7)52(98)85-41(26-116-115-25-40(58(104)86-42)78-49(97)22-76-53(99)33(69)23-92)59(105)79-34(12-9-15-75-68(73)74)54(100)88-50(30(4)5)63(109)81-35(18-29(2)3)55(101)82-37(20-47(71)95)65(111)91-17-11-14-45(91)62(108)80-36(19-46(70)94)56(102)89-51/h29-45,50-51,92-93H,8-28,69H2,1-7H3,(H2,70,94)(H2,71,95)(H2,72,96)(H,76,99)(H,77,107)(H,78,97)(H,79,105)(H,80,108)(H,81,109)(H,82,101)(H,83,103)(H,84,106)(H,85,98)(H,86,104)(H,87,110)(H,88,100)(H,89,102)(H,113,114)(H4,73,74,75)/t31-,32-,33-,34-,35-,36-,37-,38-,39-,40-,41-,42-,43-,44-,45-,50-,51-/m0/s1. The molecule has 19 amide bonds. The number of nitrogens with zero attached hydrogens (tertiary/aromatic N) is 3. The molecular weight excluding hydrogens is 1640 g/mol. The highest BCUT2D eigenvalue weighted by atomic mass is 33.1. The van der Waals surface area contributed by atoms with E-state index >= 15 is 4.79 Å². The molecule has 660 valence electrons. The lowest BCUT2D eigenvalue weighted by molar-refractivity contribution is -0.144. The zero-order valence-corrected chi connectivity index (χ0v) is 69.5. The van der Waals surface area contributed by atoms with Crippen molar-refractivity contribution in [3.8, 4) is 0 Å². The number of carboxylic acids is 1. The third-order valence-corrected chi connectivity index (χ3v) is 23.7. The van der Waals surface area contributed by atoms with Gasteiger partial charge < -0.3 is 134 Å². The van der Waals surface area contributed by atoms with Crippen LogP contribution in [-0.4, -0.2) is 308 Å². The molecule has 0 unspecified atom stereocenters. The molecule has 4 rings (SSSR count). The number of nitrogens with two attached hydrogens (primary N) is 6. The van der Waals surface area contributed by atoms with Crippen LogP contribution < -0.4 is 109 Å². The zero-order valence-electron chi connectivity index (χ0n) is 66.3. The Balaban J connectivity index is 2.02. The van der Waals surface area contributed by atoms with Gasteiger partial charge in [-0.25, -0.2) is 4.79 Å². The number of aliphatic hydroxyl groups is 2. The maximum atomic E-state index is 15.0. The van der Waals surface area contributed by atoms with E-state index in [9.17, 15) is 106 Å². The van der Waals surface area contributed by atoms with Crippen molar-refractivity contribution >= 4 is 167 Å². The van der Waals surface area contributed by atoms with Crippen LogP contribution in [0.25, 0.3) is 0 Å². The molecule has 4 aliphatic heterocycles. The van der Waals surface area contributed by atoms with E-state index in [-0.39, 0.29) is 77.0 Å². The van der Waals surface area contributed by atoms with Crippen LogP contribution in [0.15, 0.2) is 4.99 Å². The molecule has 4 saturated heterocycles. The summed E-state index contributed by atoms with van der Waals surface area (Å²) in [6.45, 7) is 7.13. The van der Waals surface area contributed by atoms with Crippen LogP contribution in [0, 0.1) is 17.8 Å². The smallest absolute Gasteiger partial charge is 0.327 e. The first kappa shape index (κ1) is 100. The normalized spacial score (nSPS) is 27.5. The molecule has 4 aliphatic rings. The number of guanidine groups is 1. The maximum absolute atomic E-state index is 15.0. The molecule has 29 N–H and O–H groups in total. The number of nitrogens with one attached hydrogen (secondary N) is 14. The number of carbonyl (C=O) groups is 20. The Morgan fingerprint density at radius 1 is 0.517 bits per heavy atom. The molecule has 4 heterocycles. The van der Waals surface area contributed by atoms with Crippen molar-refractivity contribution in [1.29, 1.82) is 0 Å². The van der Waals surface area contributed by atoms with Gasteiger partial charge in [-0.3, -0.25) is 96.1 Å². The Morgan fingerprint density at radius 2 is 0.966 bits per heavy atom. The second kappa shape index (κ2) is 49.4. The van der Waals surface area contributed by atoms with Gasteiger partial charge in [-0.1, -0.05) is 91.1 Å². The maximum Gasteiger partial charge on any atom is 0.327 e. The molecule has 0 aromatic rings. The van der Waals surface area contributed by atoms with Crippen LogP contribution in [0.1, 0.15) is 119 Å². The van der Waals surface area contributed by atoms with Gasteiger partial charge >= 0.3 is 5.97 Å². The third kappa shape index (κ3) is 32.3. The molecule has 0 spiro atoms. The minimum Gasteiger partial charge on any atom is -0.480 e. The quantitative estimate of drug-likeness (QED) is 0.0207. The monoisotopic (exact) mass is 1750 g/mol. The van der Waals surface area contributed by atoms with Gasteiger partial charge in [-0.05, 0) is 69.6 Å². The minimum atomic E-state index is -2.05. The topological polar surface area (TPSA) is 745 Å². The fourth-order valence-electron chi connectivity index (χ4n) is 12.3. The summed E-state index contributed by atoms with van der Waals surface area (Å²) in [4.78, 5) is 287. The number of fused-ring (bicyclic) bond motifs is 10. The molecule has 0 saturated carbocycles. The number of aliphatic imine (C=N–C) groups is 1. The fraction of sp³-hybridized carbons (Fsp3) is 0.691. The summed E-state index contributed by atoms with van der Waals surface area (Å²) in [6.07, 6.45) is -3.01. The molecule has 17 atom stereocenters. The van der Waals surface area contributed by atoms with Crippen molar-refractivity contribution in [2.75, 3.05) is 62.4 Å². The third-order valence-electron chi connectivity index (χ3n) is 18.9. The molecule has 0 aromatic carbocycles. The second-order valence-corrected chi connectivity index (χ2v) is 34.2. The first-order valence-electron chi connectivity index (χ1n) is 37.9. The predicted octanol–water partition coefficient (Wildman–Crippen LogP) is -11.0. The first-order valence-corrected chi connectivity index (χ1v) is 42.9. The Labute approximate surface area is 694 Å². The van der Waals surface area contributed by atoms with E-state index in [1.165, 1.54) is 27.7 Å². The lowest BCUT2D eigenvalue weighted by atomic mass is 9.97. The van der Waals surface area contributed by atoms with Gasteiger partial charge in [-0.2, -0.15) is 0 Å². The van der Waals surface area contributed by atoms with E-state index in [2.05, 4.69) is 79.4 Å². The zero-order chi connectivity index (χ0) is 88.5. The van der Waals surface area contributed by atoms with E-state index in [4.69, 9.17) is 34.4 Å². The molecule has 0 radical (unpaired) electrons. The molecule has 118 heavy (non-hydrogen) atoms. The number of carboxylic acid groups (broad SMARTS) is 1. The van der Waals surface area contributed by atoms with Gasteiger partial charge in [-0.15, -0.1) is 0 Å². The number of rotatable bonds is 22. The molecule has 4 fully saturated rings. The number of hydrogen-bond donors (Lipinski definition) is 23. The highest BCUT2D eigenvalue weighted by Gasteiger charge is 2.45. The lowest BCUT2D eigenvalue weighted by Crippen LogP contribution is -2.62. The van der Waals surface area contributed by atoms with Crippen LogP contribution in [0.4, 0.5) is 0 Å². The van der Waals surface area contributed by atoms with Crippen molar-refractivity contribution in [2.45, 2.75) is 216 Å². The summed E-state index contributed by atoms with van der Waals surface area (Å²) in [7, 11) is 2.78. The van der Waals surface area contributed by atoms with Gasteiger partial charge in [0.1, 0.15) is 96.7 Å². The van der Waals surface area contributed by atoms with Crippen molar-refractivity contribution in [2.24, 2.45) is 57.1 Å². The predicted molar refractivity (Wildman–Crippen MR) is 428 cm³/mol. The number of carbonyl (C=O) groups excluding carboxylic acids is 19. The molecular formula is C68H111N23O23S4. The highest BCUT2D eigenvalue weighted by molar-refractivity contribution is 8.77. The second-order valence-electron chi connectivity index (χ2n) is 29.1. The summed E-state index contributed by atoms with van der Waals surface area (Å²) in [5, 5.41) is 64.6. The van der Waals surface area contributed by atoms with Crippen LogP contribution in [0.2, 0.25) is 0 Å². The van der Waals surface area contributed by atoms with Gasteiger partial charge in [0.2, 0.25) is 112 Å². The Morgan fingerprint density at radius 3 is 1.47 bits per heavy atom. The molecule has 46 nitrogen and oxygen atoms in total. The molecule has 50 heteroatoms. The summed E-state index contributed by atoms with van der Waals surface area (Å²) < 4.78 is 0. The molecule has 2 bridgehead atoms. The number of hydrogen-bond acceptors (Lipinski definition) is 28. The minimum absolute atomic E-state index is 0.0527. The number of amides is 19. The van der Waals surface area contributed by atoms with Gasteiger partial charge in [0, 0.05) is 42.6 Å². The first-order chi connectivity index (χ1) is 55.5. The van der Waals surface area contributed by atoms with Crippen LogP contribution in [0.5, 0.6) is 0 Å². The molecule has 0 aliphatic carbocycles. The summed E-state index contributed by atoms with van der Waals surface area (Å²) in [5.74, 6) is -27.6. The average molecular weight is 1750 g/mol. The number of aliphatic carboxylic acids is 1. The van der Waals surface area contributed by atoms with Gasteiger partial charge in [0.25, 0.3) is 0 Å². The van der Waals surface area contributed by atoms with Crippen molar-refractivity contribution < 1.29 is 111 Å². The lowest BCUT2D eigenvalue weighted by Gasteiger charge is -2.31. The van der Waals surface area contributed by atoms with E-state index < -0.39 is 295 Å². The van der Waals surface area contributed by atoms with Crippen LogP contribution >= 0.6 is 43.2 Å². The summed E-state index contributed by atoms with van der Waals surface area (Å²) in [6, 6.07) is -27.4. The summed E-state index contributed by atoms with van der Waals surface area (Å²) >= 11 is 0. The fourth-order valence-corrected chi connectivity index (χ4v) is 16.9. The van der Waals surface area contributed by atoms with Crippen LogP contribution in [-0.2, 0) is 95.9 Å².